The van der Waals surface area contributed by atoms with E-state index in [4.69, 9.17) is 10.5 Å². The zero-order valence-corrected chi connectivity index (χ0v) is 10.2. The van der Waals surface area contributed by atoms with Crippen molar-refractivity contribution in [2.24, 2.45) is 11.7 Å². The number of benzene rings is 1. The molecule has 2 N–H and O–H groups in total. The molecule has 0 heterocycles. The molecule has 2 rings (SSSR count). The van der Waals surface area contributed by atoms with E-state index in [1.165, 1.54) is 30.4 Å². The van der Waals surface area contributed by atoms with Gasteiger partial charge in [-0.1, -0.05) is 25.0 Å². The van der Waals surface area contributed by atoms with Crippen LogP contribution in [0.3, 0.4) is 0 Å². The Morgan fingerprint density at radius 3 is 2.75 bits per heavy atom. The molecule has 1 saturated carbocycles. The highest BCUT2D eigenvalue weighted by molar-refractivity contribution is 5.37. The lowest BCUT2D eigenvalue weighted by atomic mass is 10.1. The Morgan fingerprint density at radius 2 is 2.19 bits per heavy atom. The summed E-state index contributed by atoms with van der Waals surface area (Å²) in [6, 6.07) is 6.32. The van der Waals surface area contributed by atoms with Crippen molar-refractivity contribution in [3.8, 4) is 5.75 Å². The van der Waals surface area contributed by atoms with Crippen LogP contribution in [0.5, 0.6) is 5.75 Å². The molecule has 1 fully saturated rings. The van der Waals surface area contributed by atoms with Crippen molar-refractivity contribution in [3.05, 3.63) is 29.3 Å². The Kier molecular flexibility index (Phi) is 3.49. The molecule has 0 aliphatic heterocycles. The first-order chi connectivity index (χ1) is 7.66. The molecule has 0 radical (unpaired) electrons. The average molecular weight is 219 g/mol. The maximum Gasteiger partial charge on any atom is 0.122 e. The first-order valence-electron chi connectivity index (χ1n) is 6.15. The van der Waals surface area contributed by atoms with Crippen LogP contribution >= 0.6 is 0 Å². The van der Waals surface area contributed by atoms with Crippen LogP contribution in [0.25, 0.3) is 0 Å². The van der Waals surface area contributed by atoms with E-state index < -0.39 is 0 Å². The first kappa shape index (κ1) is 11.5. The van der Waals surface area contributed by atoms with Gasteiger partial charge in [0.15, 0.2) is 0 Å². The largest absolute Gasteiger partial charge is 0.493 e. The second-order valence-electron chi connectivity index (χ2n) is 4.89. The number of hydrogen-bond acceptors (Lipinski definition) is 2. The Balaban J connectivity index is 1.92. The van der Waals surface area contributed by atoms with Gasteiger partial charge in [-0.2, -0.15) is 0 Å². The molecule has 1 atom stereocenters. The van der Waals surface area contributed by atoms with E-state index in [9.17, 15) is 0 Å². The summed E-state index contributed by atoms with van der Waals surface area (Å²) >= 11 is 0. The maximum absolute atomic E-state index is 5.84. The van der Waals surface area contributed by atoms with Gasteiger partial charge in [0.1, 0.15) is 5.75 Å². The van der Waals surface area contributed by atoms with E-state index in [2.05, 4.69) is 19.1 Å². The van der Waals surface area contributed by atoms with Gasteiger partial charge in [-0.15, -0.1) is 0 Å². The molecule has 1 aliphatic carbocycles. The highest BCUT2D eigenvalue weighted by Gasteiger charge is 2.20. The lowest BCUT2D eigenvalue weighted by Crippen LogP contribution is -2.06. The summed E-state index contributed by atoms with van der Waals surface area (Å²) in [7, 11) is 0. The SMILES string of the molecule is Cc1cc(C(C)N)ccc1OCCC1CC1. The van der Waals surface area contributed by atoms with Crippen LogP contribution in [0, 0.1) is 12.8 Å². The van der Waals surface area contributed by atoms with E-state index in [0.29, 0.717) is 0 Å². The maximum atomic E-state index is 5.84. The van der Waals surface area contributed by atoms with Crippen LogP contribution in [0.15, 0.2) is 18.2 Å². The Labute approximate surface area is 97.8 Å². The minimum atomic E-state index is 0.0965. The highest BCUT2D eigenvalue weighted by atomic mass is 16.5. The van der Waals surface area contributed by atoms with Gasteiger partial charge < -0.3 is 10.5 Å². The van der Waals surface area contributed by atoms with Gasteiger partial charge in [-0.3, -0.25) is 0 Å². The highest BCUT2D eigenvalue weighted by Crippen LogP contribution is 2.32. The molecule has 2 nitrogen and oxygen atoms in total. The first-order valence-corrected chi connectivity index (χ1v) is 6.15. The van der Waals surface area contributed by atoms with Crippen LogP contribution in [0.2, 0.25) is 0 Å². The summed E-state index contributed by atoms with van der Waals surface area (Å²) in [4.78, 5) is 0. The molecule has 2 heteroatoms. The summed E-state index contributed by atoms with van der Waals surface area (Å²) in [5.41, 5.74) is 8.20. The molecule has 0 aromatic heterocycles. The molecule has 1 aliphatic rings. The third kappa shape index (κ3) is 2.99. The minimum absolute atomic E-state index is 0.0965. The van der Waals surface area contributed by atoms with Crippen LogP contribution < -0.4 is 10.5 Å². The van der Waals surface area contributed by atoms with Gasteiger partial charge in [-0.25, -0.2) is 0 Å². The number of nitrogens with two attached hydrogens (primary N) is 1. The summed E-state index contributed by atoms with van der Waals surface area (Å²) in [5.74, 6) is 1.94. The van der Waals surface area contributed by atoms with Gasteiger partial charge in [0.25, 0.3) is 0 Å². The third-order valence-corrected chi connectivity index (χ3v) is 3.21. The molecule has 0 amide bonds. The number of aryl methyl sites for hydroxylation is 1. The van der Waals surface area contributed by atoms with Crippen molar-refractivity contribution in [1.29, 1.82) is 0 Å². The van der Waals surface area contributed by atoms with Gasteiger partial charge in [-0.05, 0) is 43.4 Å². The molecule has 0 spiro atoms. The molecule has 16 heavy (non-hydrogen) atoms. The predicted octanol–water partition coefficient (Wildman–Crippen LogP) is 3.19. The summed E-state index contributed by atoms with van der Waals surface area (Å²) < 4.78 is 5.78. The Hall–Kier alpha value is -1.02. The van der Waals surface area contributed by atoms with Crippen molar-refractivity contribution in [3.63, 3.8) is 0 Å². The van der Waals surface area contributed by atoms with E-state index in [1.807, 2.05) is 13.0 Å². The predicted molar refractivity (Wildman–Crippen MR) is 66.6 cm³/mol. The fraction of sp³-hybridized carbons (Fsp3) is 0.571. The molecule has 0 saturated heterocycles. The van der Waals surface area contributed by atoms with E-state index in [0.717, 1.165) is 18.3 Å². The van der Waals surface area contributed by atoms with Crippen molar-refractivity contribution in [2.45, 2.75) is 39.2 Å². The van der Waals surface area contributed by atoms with Gasteiger partial charge >= 0.3 is 0 Å². The van der Waals surface area contributed by atoms with Crippen LogP contribution in [0.1, 0.15) is 43.4 Å². The lowest BCUT2D eigenvalue weighted by Gasteiger charge is -2.12. The second kappa shape index (κ2) is 4.88. The lowest BCUT2D eigenvalue weighted by molar-refractivity contribution is 0.300. The van der Waals surface area contributed by atoms with Crippen molar-refractivity contribution in [1.82, 2.24) is 0 Å². The monoisotopic (exact) mass is 219 g/mol. The number of hydrogen-bond donors (Lipinski definition) is 1. The molecule has 1 aromatic carbocycles. The van der Waals surface area contributed by atoms with E-state index in [-0.39, 0.29) is 6.04 Å². The quantitative estimate of drug-likeness (QED) is 0.825. The van der Waals surface area contributed by atoms with E-state index in [1.54, 1.807) is 0 Å². The number of ether oxygens (including phenoxy) is 1. The molecular formula is C14H21NO. The fourth-order valence-corrected chi connectivity index (χ4v) is 1.86. The van der Waals surface area contributed by atoms with Crippen molar-refractivity contribution < 1.29 is 4.74 Å². The zero-order valence-electron chi connectivity index (χ0n) is 10.2. The van der Waals surface area contributed by atoms with Crippen LogP contribution in [-0.4, -0.2) is 6.61 Å². The number of rotatable bonds is 5. The van der Waals surface area contributed by atoms with Gasteiger partial charge in [0, 0.05) is 6.04 Å². The average Bonchev–Trinajstić information content (AvgIpc) is 3.04. The summed E-state index contributed by atoms with van der Waals surface area (Å²) in [6.45, 7) is 4.93. The minimum Gasteiger partial charge on any atom is -0.493 e. The fourth-order valence-electron chi connectivity index (χ4n) is 1.86. The smallest absolute Gasteiger partial charge is 0.122 e. The molecular weight excluding hydrogens is 198 g/mol. The normalized spacial score (nSPS) is 17.2. The standard InChI is InChI=1S/C14H21NO/c1-10-9-13(11(2)15)5-6-14(10)16-8-7-12-3-4-12/h5-6,9,11-12H,3-4,7-8,15H2,1-2H3. The van der Waals surface area contributed by atoms with E-state index >= 15 is 0 Å². The van der Waals surface area contributed by atoms with Crippen molar-refractivity contribution in [2.75, 3.05) is 6.61 Å². The molecule has 0 bridgehead atoms. The molecule has 1 unspecified atom stereocenters. The Morgan fingerprint density at radius 1 is 1.44 bits per heavy atom. The molecule has 1 aromatic rings. The van der Waals surface area contributed by atoms with Gasteiger partial charge in [0.2, 0.25) is 0 Å². The second-order valence-corrected chi connectivity index (χ2v) is 4.89. The summed E-state index contributed by atoms with van der Waals surface area (Å²) in [6.07, 6.45) is 3.99. The summed E-state index contributed by atoms with van der Waals surface area (Å²) in [5, 5.41) is 0. The van der Waals surface area contributed by atoms with Crippen LogP contribution in [0.4, 0.5) is 0 Å². The van der Waals surface area contributed by atoms with Crippen molar-refractivity contribution >= 4 is 0 Å². The molecule has 88 valence electrons. The Bertz CT molecular complexity index is 356. The van der Waals surface area contributed by atoms with Gasteiger partial charge in [0.05, 0.1) is 6.61 Å². The topological polar surface area (TPSA) is 35.2 Å². The zero-order chi connectivity index (χ0) is 11.5. The third-order valence-electron chi connectivity index (χ3n) is 3.21. The van der Waals surface area contributed by atoms with Crippen LogP contribution in [-0.2, 0) is 0 Å².